The number of hydrogen-bond acceptors (Lipinski definition) is 6. The van der Waals surface area contributed by atoms with Gasteiger partial charge in [-0.15, -0.1) is 5.10 Å². The third kappa shape index (κ3) is 5.24. The molecule has 1 saturated carbocycles. The predicted molar refractivity (Wildman–Crippen MR) is 122 cm³/mol. The lowest BCUT2D eigenvalue weighted by Crippen LogP contribution is -2.53. The van der Waals surface area contributed by atoms with Gasteiger partial charge in [-0.3, -0.25) is 4.79 Å². The van der Waals surface area contributed by atoms with Crippen LogP contribution in [0.15, 0.2) is 18.2 Å². The van der Waals surface area contributed by atoms with Gasteiger partial charge in [0.2, 0.25) is 5.91 Å². The Balaban J connectivity index is 1.42. The van der Waals surface area contributed by atoms with E-state index in [0.29, 0.717) is 25.3 Å². The third-order valence-corrected chi connectivity index (χ3v) is 7.90. The van der Waals surface area contributed by atoms with Gasteiger partial charge in [-0.2, -0.15) is 13.2 Å². The summed E-state index contributed by atoms with van der Waals surface area (Å²) in [5.41, 5.74) is -3.56. The van der Waals surface area contributed by atoms with Crippen molar-refractivity contribution in [2.75, 3.05) is 13.1 Å². The number of rotatable bonds is 6. The number of piperidine rings is 1. The van der Waals surface area contributed by atoms with Crippen LogP contribution in [0.5, 0.6) is 0 Å². The highest BCUT2D eigenvalue weighted by molar-refractivity contribution is 5.84. The molecule has 8 nitrogen and oxygen atoms in total. The number of nitrogens with zero attached hydrogens (tertiary/aromatic N) is 5. The van der Waals surface area contributed by atoms with E-state index in [1.807, 2.05) is 7.05 Å². The van der Waals surface area contributed by atoms with Gasteiger partial charge < -0.3 is 15.3 Å². The lowest BCUT2D eigenvalue weighted by Gasteiger charge is -2.41. The fraction of sp³-hybridized carbons (Fsp3) is 0.667. The molecule has 2 aromatic rings. The summed E-state index contributed by atoms with van der Waals surface area (Å²) in [6, 6.07) is 2.32. The van der Waals surface area contributed by atoms with Crippen LogP contribution in [-0.4, -0.2) is 60.9 Å². The van der Waals surface area contributed by atoms with Crippen LogP contribution in [0.4, 0.5) is 17.6 Å². The Kier molecular flexibility index (Phi) is 7.13. The summed E-state index contributed by atoms with van der Waals surface area (Å²) in [4.78, 5) is 15.7. The van der Waals surface area contributed by atoms with Crippen LogP contribution in [0.25, 0.3) is 0 Å². The molecule has 2 atom stereocenters. The Hall–Kier alpha value is -2.60. The molecule has 0 spiro atoms. The molecule has 1 saturated heterocycles. The number of alkyl halides is 3. The maximum atomic E-state index is 13.8. The molecule has 36 heavy (non-hydrogen) atoms. The molecule has 2 aliphatic rings. The second-order valence-electron chi connectivity index (χ2n) is 10.5. The Morgan fingerprint density at radius 2 is 1.89 bits per heavy atom. The number of aryl methyl sites for hydroxylation is 1. The molecule has 1 aromatic carbocycles. The first-order chi connectivity index (χ1) is 16.8. The molecule has 2 N–H and O–H groups in total. The minimum absolute atomic E-state index is 0.0106. The van der Waals surface area contributed by atoms with Crippen LogP contribution < -0.4 is 5.32 Å². The number of carbonyl (C=O) groups is 1. The van der Waals surface area contributed by atoms with Crippen molar-refractivity contribution in [2.24, 2.45) is 12.5 Å². The van der Waals surface area contributed by atoms with Crippen LogP contribution in [0.3, 0.4) is 0 Å². The zero-order valence-electron chi connectivity index (χ0n) is 20.6. The van der Waals surface area contributed by atoms with E-state index in [4.69, 9.17) is 0 Å². The van der Waals surface area contributed by atoms with Crippen LogP contribution in [0.2, 0.25) is 0 Å². The zero-order chi connectivity index (χ0) is 26.3. The number of nitrogens with one attached hydrogen (secondary N) is 1. The van der Waals surface area contributed by atoms with Gasteiger partial charge >= 0.3 is 6.18 Å². The van der Waals surface area contributed by atoms with Gasteiger partial charge in [0.05, 0.1) is 16.6 Å². The van der Waals surface area contributed by atoms with E-state index in [1.165, 1.54) is 0 Å². The molecule has 4 rings (SSSR count). The minimum Gasteiger partial charge on any atom is -0.389 e. The van der Waals surface area contributed by atoms with E-state index in [9.17, 15) is 27.5 Å². The summed E-state index contributed by atoms with van der Waals surface area (Å²) in [7, 11) is 1.82. The van der Waals surface area contributed by atoms with Crippen molar-refractivity contribution in [1.29, 1.82) is 0 Å². The molecule has 1 aromatic heterocycles. The second kappa shape index (κ2) is 9.70. The highest BCUT2D eigenvalue weighted by Gasteiger charge is 2.55. The van der Waals surface area contributed by atoms with E-state index in [2.05, 4.69) is 25.7 Å². The molecule has 2 heterocycles. The van der Waals surface area contributed by atoms with Crippen LogP contribution in [0, 0.1) is 11.2 Å². The highest BCUT2D eigenvalue weighted by Crippen LogP contribution is 2.49. The van der Waals surface area contributed by atoms with Crippen LogP contribution in [-0.2, 0) is 24.6 Å². The van der Waals surface area contributed by atoms with Gasteiger partial charge in [0, 0.05) is 25.6 Å². The number of aliphatic hydroxyl groups is 1. The fourth-order valence-corrected chi connectivity index (χ4v) is 5.74. The quantitative estimate of drug-likeness (QED) is 0.578. The van der Waals surface area contributed by atoms with Crippen LogP contribution in [0.1, 0.15) is 68.8 Å². The molecule has 2 fully saturated rings. The van der Waals surface area contributed by atoms with Crippen molar-refractivity contribution in [3.8, 4) is 0 Å². The normalized spacial score (nSPS) is 24.3. The van der Waals surface area contributed by atoms with E-state index >= 15 is 0 Å². The number of tetrazole rings is 1. The number of halogens is 4. The molecule has 1 amide bonds. The Morgan fingerprint density at radius 1 is 1.19 bits per heavy atom. The maximum absolute atomic E-state index is 13.8. The number of benzene rings is 1. The van der Waals surface area contributed by atoms with Crippen molar-refractivity contribution in [3.63, 3.8) is 0 Å². The Labute approximate surface area is 207 Å². The van der Waals surface area contributed by atoms with Gasteiger partial charge in [-0.25, -0.2) is 9.07 Å². The lowest BCUT2D eigenvalue weighted by molar-refractivity contribution is -0.147. The lowest BCUT2D eigenvalue weighted by atomic mass is 9.71. The number of aromatic nitrogens is 4. The summed E-state index contributed by atoms with van der Waals surface area (Å²) >= 11 is 0. The SMILES string of the molecule is Cn1nnnc1C1CCN([C@@H]2CC[C@@](C(=O)NCc3cc(F)cc(C(F)(F)F)c3)(C(C)(C)O)C2)CC1. The summed E-state index contributed by atoms with van der Waals surface area (Å²) in [6.07, 6.45) is -1.34. The van der Waals surface area contributed by atoms with Gasteiger partial charge in [-0.1, -0.05) is 0 Å². The molecule has 1 aliphatic carbocycles. The third-order valence-electron chi connectivity index (χ3n) is 7.90. The summed E-state index contributed by atoms with van der Waals surface area (Å²) < 4.78 is 54.6. The standard InChI is InChI=1S/C24H32F4N6O2/c1-22(2,36)23(21(35)29-14-15-10-17(24(26,27)28)12-18(25)11-15)7-4-19(13-23)34-8-5-16(6-9-34)20-30-31-32-33(20)3/h10-12,16,19,36H,4-9,13-14H2,1-3H3,(H,29,35)/t19-,23-/m1/s1. The van der Waals surface area contributed by atoms with Crippen molar-refractivity contribution in [2.45, 2.75) is 76.2 Å². The predicted octanol–water partition coefficient (Wildman–Crippen LogP) is 3.17. The van der Waals surface area contributed by atoms with Crippen LogP contribution >= 0.6 is 0 Å². The van der Waals surface area contributed by atoms with Gasteiger partial charge in [0.1, 0.15) is 5.82 Å². The van der Waals surface area contributed by atoms with Crippen molar-refractivity contribution < 1.29 is 27.5 Å². The molecule has 0 unspecified atom stereocenters. The zero-order valence-corrected chi connectivity index (χ0v) is 20.6. The molecule has 0 bridgehead atoms. The van der Waals surface area contributed by atoms with Gasteiger partial charge in [0.15, 0.2) is 5.82 Å². The van der Waals surface area contributed by atoms with Gasteiger partial charge in [0.25, 0.3) is 0 Å². The molecule has 0 radical (unpaired) electrons. The highest BCUT2D eigenvalue weighted by atomic mass is 19.4. The average Bonchev–Trinajstić information content (AvgIpc) is 3.44. The summed E-state index contributed by atoms with van der Waals surface area (Å²) in [5.74, 6) is -0.335. The molecule has 12 heteroatoms. The molecular formula is C24H32F4N6O2. The minimum atomic E-state index is -4.69. The maximum Gasteiger partial charge on any atom is 0.416 e. The summed E-state index contributed by atoms with van der Waals surface area (Å²) in [6.45, 7) is 4.54. The van der Waals surface area contributed by atoms with E-state index in [-0.39, 0.29) is 24.1 Å². The van der Waals surface area contributed by atoms with Gasteiger partial charge in [-0.05, 0) is 93.2 Å². The Bertz CT molecular complexity index is 1090. The molecule has 1 aliphatic heterocycles. The first kappa shape index (κ1) is 26.5. The first-order valence-corrected chi connectivity index (χ1v) is 12.1. The largest absolute Gasteiger partial charge is 0.416 e. The average molecular weight is 513 g/mol. The van der Waals surface area contributed by atoms with E-state index < -0.39 is 34.5 Å². The monoisotopic (exact) mass is 512 g/mol. The fourth-order valence-electron chi connectivity index (χ4n) is 5.74. The number of carbonyl (C=O) groups excluding carboxylic acids is 1. The molecular weight excluding hydrogens is 480 g/mol. The summed E-state index contributed by atoms with van der Waals surface area (Å²) in [5, 5.41) is 25.5. The topological polar surface area (TPSA) is 96.2 Å². The van der Waals surface area contributed by atoms with Crippen molar-refractivity contribution in [3.05, 3.63) is 41.0 Å². The molecule has 198 valence electrons. The van der Waals surface area contributed by atoms with E-state index in [0.717, 1.165) is 43.9 Å². The number of hydrogen-bond donors (Lipinski definition) is 2. The first-order valence-electron chi connectivity index (χ1n) is 12.1. The number of likely N-dealkylation sites (tertiary alicyclic amines) is 1. The van der Waals surface area contributed by atoms with Crippen molar-refractivity contribution >= 4 is 5.91 Å². The smallest absolute Gasteiger partial charge is 0.389 e. The van der Waals surface area contributed by atoms with Crippen molar-refractivity contribution in [1.82, 2.24) is 30.4 Å². The Morgan fingerprint density at radius 3 is 2.47 bits per heavy atom. The number of amides is 1. The second-order valence-corrected chi connectivity index (χ2v) is 10.5. The van der Waals surface area contributed by atoms with E-state index in [1.54, 1.807) is 18.5 Å².